The fourth-order valence-corrected chi connectivity index (χ4v) is 3.09. The van der Waals surface area contributed by atoms with Gasteiger partial charge in [0.2, 0.25) is 0 Å². The van der Waals surface area contributed by atoms with Crippen molar-refractivity contribution in [3.63, 3.8) is 0 Å². The number of aromatic amines is 1. The lowest BCUT2D eigenvalue weighted by Gasteiger charge is -2.11. The summed E-state index contributed by atoms with van der Waals surface area (Å²) >= 11 is 0. The molecule has 0 saturated heterocycles. The van der Waals surface area contributed by atoms with E-state index >= 15 is 0 Å². The van der Waals surface area contributed by atoms with Crippen molar-refractivity contribution in [2.24, 2.45) is 0 Å². The highest BCUT2D eigenvalue weighted by atomic mass is 16.5. The topological polar surface area (TPSA) is 49.9 Å². The van der Waals surface area contributed by atoms with Crippen LogP contribution in [0.3, 0.4) is 0 Å². The maximum atomic E-state index is 6.16. The van der Waals surface area contributed by atoms with Crippen LogP contribution in [0.25, 0.3) is 11.0 Å². The Morgan fingerprint density at radius 2 is 2.14 bits per heavy atom. The Kier molecular flexibility index (Phi) is 3.31. The number of hydrogen-bond donors (Lipinski definition) is 2. The zero-order chi connectivity index (χ0) is 14.9. The van der Waals surface area contributed by atoms with E-state index in [2.05, 4.69) is 40.4 Å². The van der Waals surface area contributed by atoms with E-state index in [1.165, 1.54) is 17.5 Å². The van der Waals surface area contributed by atoms with Gasteiger partial charge >= 0.3 is 0 Å². The first kappa shape index (κ1) is 13.3. The van der Waals surface area contributed by atoms with E-state index in [4.69, 9.17) is 4.74 Å². The molecule has 3 heterocycles. The van der Waals surface area contributed by atoms with E-state index in [1.807, 2.05) is 12.3 Å². The second kappa shape index (κ2) is 5.46. The highest BCUT2D eigenvalue weighted by Crippen LogP contribution is 2.32. The molecular formula is C18H19N3O. The van der Waals surface area contributed by atoms with Gasteiger partial charge in [0.1, 0.15) is 17.1 Å². The molecule has 2 aromatic heterocycles. The molecular weight excluding hydrogens is 274 g/mol. The summed E-state index contributed by atoms with van der Waals surface area (Å²) in [5, 5.41) is 4.50. The molecule has 4 nitrogen and oxygen atoms in total. The van der Waals surface area contributed by atoms with Gasteiger partial charge in [-0.15, -0.1) is 0 Å². The number of ether oxygens (including phenoxy) is 1. The molecule has 0 bridgehead atoms. The van der Waals surface area contributed by atoms with Crippen molar-refractivity contribution in [2.75, 3.05) is 6.54 Å². The Morgan fingerprint density at radius 1 is 1.18 bits per heavy atom. The smallest absolute Gasteiger partial charge is 0.141 e. The Bertz CT molecular complexity index is 822. The summed E-state index contributed by atoms with van der Waals surface area (Å²) in [5.41, 5.74) is 4.78. The van der Waals surface area contributed by atoms with E-state index in [0.29, 0.717) is 0 Å². The quantitative estimate of drug-likeness (QED) is 0.757. The van der Waals surface area contributed by atoms with Crippen LogP contribution in [0, 0.1) is 6.92 Å². The molecule has 0 atom stereocenters. The summed E-state index contributed by atoms with van der Waals surface area (Å²) in [6, 6.07) is 8.33. The van der Waals surface area contributed by atoms with Crippen LogP contribution in [0.15, 0.2) is 36.7 Å². The zero-order valence-electron chi connectivity index (χ0n) is 12.6. The summed E-state index contributed by atoms with van der Waals surface area (Å²) < 4.78 is 6.16. The van der Waals surface area contributed by atoms with Gasteiger partial charge in [-0.05, 0) is 61.2 Å². The van der Waals surface area contributed by atoms with Crippen molar-refractivity contribution in [1.82, 2.24) is 15.3 Å². The number of aromatic nitrogens is 2. The van der Waals surface area contributed by atoms with Gasteiger partial charge in [0, 0.05) is 18.9 Å². The van der Waals surface area contributed by atoms with Crippen LogP contribution in [0.2, 0.25) is 0 Å². The molecule has 2 N–H and O–H groups in total. The maximum absolute atomic E-state index is 6.16. The van der Waals surface area contributed by atoms with Crippen molar-refractivity contribution < 1.29 is 4.74 Å². The Labute approximate surface area is 129 Å². The largest absolute Gasteiger partial charge is 0.457 e. The third-order valence-electron chi connectivity index (χ3n) is 4.25. The predicted octanol–water partition coefficient (Wildman–Crippen LogP) is 3.70. The summed E-state index contributed by atoms with van der Waals surface area (Å²) in [7, 11) is 0. The number of nitrogens with zero attached hydrogens (tertiary/aromatic N) is 1. The van der Waals surface area contributed by atoms with Crippen molar-refractivity contribution in [1.29, 1.82) is 0 Å². The first-order valence-electron chi connectivity index (χ1n) is 7.74. The third-order valence-corrected chi connectivity index (χ3v) is 4.25. The minimum atomic E-state index is 0.857. The molecule has 0 spiro atoms. The van der Waals surface area contributed by atoms with Crippen LogP contribution >= 0.6 is 0 Å². The van der Waals surface area contributed by atoms with E-state index in [1.54, 1.807) is 6.20 Å². The Balaban J connectivity index is 1.71. The summed E-state index contributed by atoms with van der Waals surface area (Å²) in [5.74, 6) is 1.75. The molecule has 3 aromatic rings. The van der Waals surface area contributed by atoms with E-state index in [-0.39, 0.29) is 0 Å². The molecule has 0 radical (unpaired) electrons. The SMILES string of the molecule is Cc1c[nH]c2nccc(Oc3ccc4c(c3)CCCNC4)c12. The molecule has 1 aliphatic rings. The Morgan fingerprint density at radius 3 is 3.09 bits per heavy atom. The number of fused-ring (bicyclic) bond motifs is 2. The van der Waals surface area contributed by atoms with E-state index in [0.717, 1.165) is 47.6 Å². The second-order valence-corrected chi connectivity index (χ2v) is 5.82. The van der Waals surface area contributed by atoms with E-state index < -0.39 is 0 Å². The van der Waals surface area contributed by atoms with Crippen LogP contribution in [0.1, 0.15) is 23.1 Å². The van der Waals surface area contributed by atoms with Crippen LogP contribution in [-0.2, 0) is 13.0 Å². The van der Waals surface area contributed by atoms with Crippen LogP contribution < -0.4 is 10.1 Å². The van der Waals surface area contributed by atoms with Gasteiger partial charge in [-0.2, -0.15) is 0 Å². The molecule has 4 heteroatoms. The molecule has 1 aliphatic heterocycles. The fourth-order valence-electron chi connectivity index (χ4n) is 3.09. The third kappa shape index (κ3) is 2.35. The number of aryl methyl sites for hydroxylation is 2. The van der Waals surface area contributed by atoms with Crippen LogP contribution in [-0.4, -0.2) is 16.5 Å². The average Bonchev–Trinajstić information content (AvgIpc) is 2.77. The summed E-state index contributed by atoms with van der Waals surface area (Å²) in [6.45, 7) is 4.10. The first-order valence-corrected chi connectivity index (χ1v) is 7.74. The lowest BCUT2D eigenvalue weighted by molar-refractivity contribution is 0.487. The van der Waals surface area contributed by atoms with Crippen LogP contribution in [0.4, 0.5) is 0 Å². The van der Waals surface area contributed by atoms with Gasteiger partial charge in [-0.3, -0.25) is 0 Å². The van der Waals surface area contributed by atoms with Crippen molar-refractivity contribution in [3.8, 4) is 11.5 Å². The predicted molar refractivity (Wildman–Crippen MR) is 87.4 cm³/mol. The van der Waals surface area contributed by atoms with Crippen molar-refractivity contribution in [2.45, 2.75) is 26.3 Å². The van der Waals surface area contributed by atoms with Crippen LogP contribution in [0.5, 0.6) is 11.5 Å². The molecule has 0 aliphatic carbocycles. The van der Waals surface area contributed by atoms with Gasteiger partial charge in [0.05, 0.1) is 5.39 Å². The molecule has 0 unspecified atom stereocenters. The molecule has 1 aromatic carbocycles. The highest BCUT2D eigenvalue weighted by Gasteiger charge is 2.11. The summed E-state index contributed by atoms with van der Waals surface area (Å²) in [6.07, 6.45) is 6.02. The maximum Gasteiger partial charge on any atom is 0.141 e. The number of benzene rings is 1. The highest BCUT2D eigenvalue weighted by molar-refractivity contribution is 5.86. The molecule has 4 rings (SSSR count). The van der Waals surface area contributed by atoms with Gasteiger partial charge in [0.15, 0.2) is 0 Å². The molecule has 0 saturated carbocycles. The number of pyridine rings is 1. The monoisotopic (exact) mass is 293 g/mol. The van der Waals surface area contributed by atoms with Gasteiger partial charge in [-0.25, -0.2) is 4.98 Å². The van der Waals surface area contributed by atoms with Gasteiger partial charge in [-0.1, -0.05) is 6.07 Å². The normalized spacial score (nSPS) is 14.6. The van der Waals surface area contributed by atoms with Crippen molar-refractivity contribution >= 4 is 11.0 Å². The Hall–Kier alpha value is -2.33. The minimum absolute atomic E-state index is 0.857. The molecule has 22 heavy (non-hydrogen) atoms. The fraction of sp³-hybridized carbons (Fsp3) is 0.278. The van der Waals surface area contributed by atoms with E-state index in [9.17, 15) is 0 Å². The zero-order valence-corrected chi connectivity index (χ0v) is 12.6. The number of H-pyrrole nitrogens is 1. The van der Waals surface area contributed by atoms with Gasteiger partial charge in [0.25, 0.3) is 0 Å². The number of rotatable bonds is 2. The van der Waals surface area contributed by atoms with Gasteiger partial charge < -0.3 is 15.0 Å². The first-order chi connectivity index (χ1) is 10.8. The second-order valence-electron chi connectivity index (χ2n) is 5.82. The lowest BCUT2D eigenvalue weighted by atomic mass is 10.0. The standard InChI is InChI=1S/C18H19N3O/c1-12-10-21-18-17(12)16(6-8-20-18)22-15-5-4-14-11-19-7-2-3-13(14)9-15/h4-6,8-10,19H,2-3,7,11H2,1H3,(H,20,21). The molecule has 0 fully saturated rings. The number of hydrogen-bond acceptors (Lipinski definition) is 3. The molecule has 112 valence electrons. The minimum Gasteiger partial charge on any atom is -0.457 e. The summed E-state index contributed by atoms with van der Waals surface area (Å²) in [4.78, 5) is 7.52. The lowest BCUT2D eigenvalue weighted by Crippen LogP contribution is -2.11. The molecule has 0 amide bonds. The average molecular weight is 293 g/mol. The van der Waals surface area contributed by atoms with Crippen molar-refractivity contribution in [3.05, 3.63) is 53.3 Å². The number of nitrogens with one attached hydrogen (secondary N) is 2.